The van der Waals surface area contributed by atoms with Gasteiger partial charge in [-0.05, 0) is 44.4 Å². The molecule has 3 rings (SSSR count). The first kappa shape index (κ1) is 17.8. The molecule has 1 saturated heterocycles. The average molecular weight is 342 g/mol. The first-order valence-corrected chi connectivity index (χ1v) is 8.28. The second-order valence-corrected chi connectivity index (χ2v) is 7.21. The molecular formula is C20H21BF2O2. The van der Waals surface area contributed by atoms with Crippen molar-refractivity contribution in [2.45, 2.75) is 38.9 Å². The van der Waals surface area contributed by atoms with E-state index in [9.17, 15) is 8.78 Å². The molecule has 0 unspecified atom stereocenters. The Kier molecular flexibility index (Phi) is 4.56. The van der Waals surface area contributed by atoms with E-state index in [1.54, 1.807) is 12.1 Å². The quantitative estimate of drug-likeness (QED) is 0.677. The number of halogens is 2. The van der Waals surface area contributed by atoms with Gasteiger partial charge in [-0.25, -0.2) is 0 Å². The van der Waals surface area contributed by atoms with Gasteiger partial charge in [0.25, 0.3) is 6.08 Å². The number of hydrogen-bond donors (Lipinski definition) is 0. The molecule has 2 nitrogen and oxygen atoms in total. The van der Waals surface area contributed by atoms with E-state index in [1.165, 1.54) is 0 Å². The van der Waals surface area contributed by atoms with E-state index in [0.29, 0.717) is 5.56 Å². The first-order valence-electron chi connectivity index (χ1n) is 8.28. The molecule has 0 bridgehead atoms. The van der Waals surface area contributed by atoms with Crippen LogP contribution in [0.3, 0.4) is 0 Å². The van der Waals surface area contributed by atoms with E-state index in [0.717, 1.165) is 11.1 Å². The summed E-state index contributed by atoms with van der Waals surface area (Å²) in [4.78, 5) is 0. The summed E-state index contributed by atoms with van der Waals surface area (Å²) in [5.41, 5.74) is 0.870. The van der Waals surface area contributed by atoms with Gasteiger partial charge in [-0.2, -0.15) is 8.78 Å². The lowest BCUT2D eigenvalue weighted by Gasteiger charge is -2.32. The monoisotopic (exact) mass is 342 g/mol. The van der Waals surface area contributed by atoms with E-state index in [1.807, 2.05) is 70.2 Å². The van der Waals surface area contributed by atoms with Crippen LogP contribution in [-0.4, -0.2) is 18.3 Å². The van der Waals surface area contributed by atoms with Gasteiger partial charge in [-0.1, -0.05) is 54.6 Å². The predicted octanol–water partition coefficient (Wildman–Crippen LogP) is 5.59. The Morgan fingerprint density at radius 2 is 1.24 bits per heavy atom. The van der Waals surface area contributed by atoms with Gasteiger partial charge >= 0.3 is 7.12 Å². The van der Waals surface area contributed by atoms with E-state index in [-0.39, 0.29) is 5.47 Å². The summed E-state index contributed by atoms with van der Waals surface area (Å²) in [5.74, 6) is 0. The van der Waals surface area contributed by atoms with Crippen molar-refractivity contribution in [3.63, 3.8) is 0 Å². The predicted molar refractivity (Wildman–Crippen MR) is 97.1 cm³/mol. The van der Waals surface area contributed by atoms with Crippen molar-refractivity contribution in [1.29, 1.82) is 0 Å². The fourth-order valence-corrected chi connectivity index (χ4v) is 2.77. The van der Waals surface area contributed by atoms with Gasteiger partial charge < -0.3 is 9.31 Å². The number of benzene rings is 2. The van der Waals surface area contributed by atoms with Gasteiger partial charge in [0.15, 0.2) is 0 Å². The summed E-state index contributed by atoms with van der Waals surface area (Å²) in [7, 11) is -1.09. The van der Waals surface area contributed by atoms with Crippen LogP contribution in [0.2, 0.25) is 0 Å². The van der Waals surface area contributed by atoms with Gasteiger partial charge in [0.05, 0.1) is 16.7 Å². The van der Waals surface area contributed by atoms with Crippen LogP contribution in [-0.2, 0) is 9.31 Å². The Morgan fingerprint density at radius 3 is 1.72 bits per heavy atom. The lowest BCUT2D eigenvalue weighted by Crippen LogP contribution is -2.41. The van der Waals surface area contributed by atoms with Crippen LogP contribution in [0.1, 0.15) is 33.3 Å². The Bertz CT molecular complexity index is 763. The molecule has 0 amide bonds. The van der Waals surface area contributed by atoms with Crippen LogP contribution in [0.4, 0.5) is 8.78 Å². The Hall–Kier alpha value is -1.98. The minimum atomic E-state index is -1.79. The fraction of sp³-hybridized carbons (Fsp3) is 0.300. The zero-order valence-corrected chi connectivity index (χ0v) is 14.8. The molecule has 0 spiro atoms. The number of rotatable bonds is 3. The summed E-state index contributed by atoms with van der Waals surface area (Å²) in [6.45, 7) is 7.39. The molecule has 0 radical (unpaired) electrons. The summed E-state index contributed by atoms with van der Waals surface area (Å²) in [6, 6.07) is 16.8. The van der Waals surface area contributed by atoms with E-state index < -0.39 is 24.4 Å². The highest BCUT2D eigenvalue weighted by Gasteiger charge is 2.53. The van der Waals surface area contributed by atoms with Crippen molar-refractivity contribution in [2.75, 3.05) is 0 Å². The molecule has 1 heterocycles. The lowest BCUT2D eigenvalue weighted by atomic mass is 9.74. The molecule has 2 aromatic rings. The largest absolute Gasteiger partial charge is 0.501 e. The molecule has 5 heteroatoms. The fourth-order valence-electron chi connectivity index (χ4n) is 2.77. The van der Waals surface area contributed by atoms with E-state index in [2.05, 4.69) is 0 Å². The van der Waals surface area contributed by atoms with Crippen molar-refractivity contribution in [2.24, 2.45) is 0 Å². The van der Waals surface area contributed by atoms with Crippen LogP contribution in [0.5, 0.6) is 0 Å². The van der Waals surface area contributed by atoms with Crippen molar-refractivity contribution >= 4 is 12.6 Å². The highest BCUT2D eigenvalue weighted by Crippen LogP contribution is 2.41. The second-order valence-electron chi connectivity index (χ2n) is 7.21. The minimum Gasteiger partial charge on any atom is -0.399 e. The topological polar surface area (TPSA) is 18.5 Å². The Balaban J connectivity index is 1.92. The standard InChI is InChI=1S/C20H21BF2O2/c1-19(2)20(3,4)25-21(24-19)17(18(22)23)16-12-10-15(11-13-16)14-8-6-5-7-9-14/h5-13H,1-4H3. The molecule has 1 aliphatic rings. The molecule has 1 fully saturated rings. The maximum Gasteiger partial charge on any atom is 0.501 e. The maximum atomic E-state index is 13.7. The van der Waals surface area contributed by atoms with E-state index in [4.69, 9.17) is 9.31 Å². The molecule has 0 N–H and O–H groups in total. The molecule has 130 valence electrons. The molecule has 2 aromatic carbocycles. The third-order valence-corrected chi connectivity index (χ3v) is 5.00. The normalized spacial score (nSPS) is 18.2. The molecular weight excluding hydrogens is 321 g/mol. The van der Waals surface area contributed by atoms with Crippen LogP contribution >= 0.6 is 0 Å². The second kappa shape index (κ2) is 6.39. The molecule has 1 aliphatic heterocycles. The van der Waals surface area contributed by atoms with Crippen molar-refractivity contribution in [1.82, 2.24) is 0 Å². The first-order chi connectivity index (χ1) is 11.7. The summed E-state index contributed by atoms with van der Waals surface area (Å²) in [6.07, 6.45) is -1.79. The highest BCUT2D eigenvalue weighted by atomic mass is 19.3. The van der Waals surface area contributed by atoms with Crippen molar-refractivity contribution in [3.05, 3.63) is 66.2 Å². The molecule has 0 atom stereocenters. The van der Waals surface area contributed by atoms with Crippen molar-refractivity contribution < 1.29 is 18.1 Å². The average Bonchev–Trinajstić information content (AvgIpc) is 2.76. The third-order valence-electron chi connectivity index (χ3n) is 5.00. The van der Waals surface area contributed by atoms with Gasteiger partial charge in [-0.3, -0.25) is 0 Å². The van der Waals surface area contributed by atoms with Crippen LogP contribution < -0.4 is 0 Å². The zero-order valence-electron chi connectivity index (χ0n) is 14.8. The van der Waals surface area contributed by atoms with Crippen LogP contribution in [0.25, 0.3) is 16.6 Å². The molecule has 25 heavy (non-hydrogen) atoms. The minimum absolute atomic E-state index is 0.210. The Labute approximate surface area is 147 Å². The third kappa shape index (κ3) is 3.39. The number of hydrogen-bond acceptors (Lipinski definition) is 2. The lowest BCUT2D eigenvalue weighted by molar-refractivity contribution is 0.00578. The maximum absolute atomic E-state index is 13.7. The molecule has 0 aromatic heterocycles. The van der Waals surface area contributed by atoms with Crippen LogP contribution in [0.15, 0.2) is 60.7 Å². The Morgan fingerprint density at radius 1 is 0.760 bits per heavy atom. The van der Waals surface area contributed by atoms with Gasteiger partial charge in [-0.15, -0.1) is 0 Å². The summed E-state index contributed by atoms with van der Waals surface area (Å²) >= 11 is 0. The molecule has 0 saturated carbocycles. The SMILES string of the molecule is CC1(C)OB(C(=C(F)F)c2ccc(-c3ccccc3)cc2)OC1(C)C. The highest BCUT2D eigenvalue weighted by molar-refractivity contribution is 6.69. The van der Waals surface area contributed by atoms with Gasteiger partial charge in [0.1, 0.15) is 0 Å². The van der Waals surface area contributed by atoms with Crippen LogP contribution in [0, 0.1) is 0 Å². The zero-order chi connectivity index (χ0) is 18.2. The smallest absolute Gasteiger partial charge is 0.399 e. The van der Waals surface area contributed by atoms with E-state index >= 15 is 0 Å². The van der Waals surface area contributed by atoms with Gasteiger partial charge in [0, 0.05) is 0 Å². The van der Waals surface area contributed by atoms with Gasteiger partial charge in [0.2, 0.25) is 0 Å². The van der Waals surface area contributed by atoms with Crippen molar-refractivity contribution in [3.8, 4) is 11.1 Å². The molecule has 0 aliphatic carbocycles. The summed E-state index contributed by atoms with van der Waals surface area (Å²) in [5, 5.41) is 0. The summed E-state index contributed by atoms with van der Waals surface area (Å²) < 4.78 is 39.0.